The normalized spacial score (nSPS) is 9.69. The van der Waals surface area contributed by atoms with Crippen molar-refractivity contribution in [1.29, 1.82) is 0 Å². The number of hydrogen-bond acceptors (Lipinski definition) is 5. The van der Waals surface area contributed by atoms with Crippen molar-refractivity contribution < 1.29 is 4.79 Å². The Kier molecular flexibility index (Phi) is 2.49. The molecule has 0 aliphatic rings. The summed E-state index contributed by atoms with van der Waals surface area (Å²) >= 11 is 5.36. The molecule has 0 spiro atoms. The lowest BCUT2D eigenvalue weighted by atomic mass is 10.4. The summed E-state index contributed by atoms with van der Waals surface area (Å²) in [6.45, 7) is 0. The zero-order valence-corrected chi connectivity index (χ0v) is 7.05. The van der Waals surface area contributed by atoms with Crippen LogP contribution in [0.3, 0.4) is 0 Å². The number of rotatable bonds is 1. The van der Waals surface area contributed by atoms with Crippen LogP contribution >= 0.6 is 11.6 Å². The van der Waals surface area contributed by atoms with Gasteiger partial charge in [0.1, 0.15) is 5.82 Å². The number of nitrogens with one attached hydrogen (secondary N) is 2. The van der Waals surface area contributed by atoms with E-state index in [1.165, 1.54) is 0 Å². The third-order valence-electron chi connectivity index (χ3n) is 1.25. The van der Waals surface area contributed by atoms with Crippen LogP contribution in [0.15, 0.2) is 4.79 Å². The van der Waals surface area contributed by atoms with Crippen molar-refractivity contribution >= 4 is 23.3 Å². The first-order chi connectivity index (χ1) is 6.06. The Morgan fingerprint density at radius 1 is 1.62 bits per heavy atom. The van der Waals surface area contributed by atoms with Crippen molar-refractivity contribution in [2.75, 3.05) is 5.73 Å². The quantitative estimate of drug-likeness (QED) is 0.254. The number of aromatic nitrogens is 2. The minimum Gasteiger partial charge on any atom is -0.383 e. The largest absolute Gasteiger partial charge is 0.383 e. The molecule has 0 bridgehead atoms. The van der Waals surface area contributed by atoms with Crippen molar-refractivity contribution in [2.24, 2.45) is 5.84 Å². The van der Waals surface area contributed by atoms with Crippen LogP contribution in [0.25, 0.3) is 0 Å². The maximum absolute atomic E-state index is 10.9. The number of amides is 1. The SMILES string of the molecule is NNC(=O)c1nc(Cl)c(=O)[nH]c1N. The van der Waals surface area contributed by atoms with Crippen LogP contribution in [0, 0.1) is 0 Å². The molecule has 0 aliphatic heterocycles. The number of anilines is 1. The van der Waals surface area contributed by atoms with Gasteiger partial charge in [0, 0.05) is 0 Å². The van der Waals surface area contributed by atoms with Crippen molar-refractivity contribution in [3.05, 3.63) is 21.2 Å². The van der Waals surface area contributed by atoms with Gasteiger partial charge < -0.3 is 10.7 Å². The van der Waals surface area contributed by atoms with Crippen molar-refractivity contribution in [1.82, 2.24) is 15.4 Å². The van der Waals surface area contributed by atoms with Crippen LogP contribution in [-0.2, 0) is 0 Å². The van der Waals surface area contributed by atoms with Crippen LogP contribution in [-0.4, -0.2) is 15.9 Å². The van der Waals surface area contributed by atoms with Crippen molar-refractivity contribution in [3.63, 3.8) is 0 Å². The van der Waals surface area contributed by atoms with E-state index in [1.807, 2.05) is 0 Å². The second-order valence-electron chi connectivity index (χ2n) is 2.09. The molecular formula is C5H6ClN5O2. The topological polar surface area (TPSA) is 127 Å². The van der Waals surface area contributed by atoms with Gasteiger partial charge in [-0.1, -0.05) is 11.6 Å². The average molecular weight is 204 g/mol. The fourth-order valence-corrected chi connectivity index (χ4v) is 0.815. The highest BCUT2D eigenvalue weighted by molar-refractivity contribution is 6.29. The molecule has 0 aliphatic carbocycles. The lowest BCUT2D eigenvalue weighted by molar-refractivity contribution is 0.0949. The zero-order chi connectivity index (χ0) is 10.0. The van der Waals surface area contributed by atoms with Crippen LogP contribution < -0.4 is 22.6 Å². The molecule has 1 aromatic heterocycles. The maximum atomic E-state index is 10.9. The van der Waals surface area contributed by atoms with E-state index >= 15 is 0 Å². The summed E-state index contributed by atoms with van der Waals surface area (Å²) in [6.07, 6.45) is 0. The molecule has 8 heteroatoms. The minimum atomic E-state index is -0.726. The summed E-state index contributed by atoms with van der Waals surface area (Å²) in [5.41, 5.74) is 6.21. The summed E-state index contributed by atoms with van der Waals surface area (Å²) in [7, 11) is 0. The van der Waals surface area contributed by atoms with E-state index in [4.69, 9.17) is 23.2 Å². The number of carbonyl (C=O) groups excluding carboxylic acids is 1. The van der Waals surface area contributed by atoms with Crippen LogP contribution in [0.4, 0.5) is 5.82 Å². The third-order valence-corrected chi connectivity index (χ3v) is 1.50. The number of carbonyl (C=O) groups is 1. The van der Waals surface area contributed by atoms with Crippen molar-refractivity contribution in [3.8, 4) is 0 Å². The van der Waals surface area contributed by atoms with Crippen LogP contribution in [0.5, 0.6) is 0 Å². The van der Waals surface area contributed by atoms with Gasteiger partial charge in [-0.15, -0.1) is 0 Å². The van der Waals surface area contributed by atoms with Gasteiger partial charge >= 0.3 is 0 Å². The molecule has 0 saturated heterocycles. The smallest absolute Gasteiger partial charge is 0.287 e. The number of hydrazine groups is 1. The Labute approximate surface area is 77.1 Å². The van der Waals surface area contributed by atoms with E-state index < -0.39 is 11.5 Å². The molecular weight excluding hydrogens is 198 g/mol. The fraction of sp³-hybridized carbons (Fsp3) is 0. The standard InChI is InChI=1S/C5H6ClN5O2/c6-2-5(13)10-3(7)1(9-2)4(12)11-8/h8H2,(H,11,12)(H3,7,10,13). The van der Waals surface area contributed by atoms with Gasteiger partial charge in [-0.25, -0.2) is 10.8 Å². The molecule has 0 radical (unpaired) electrons. The van der Waals surface area contributed by atoms with E-state index in [0.29, 0.717) is 0 Å². The van der Waals surface area contributed by atoms with Gasteiger partial charge in [-0.05, 0) is 0 Å². The summed E-state index contributed by atoms with van der Waals surface area (Å²) in [6, 6.07) is 0. The Bertz CT molecular complexity index is 400. The van der Waals surface area contributed by atoms with E-state index in [2.05, 4.69) is 9.97 Å². The monoisotopic (exact) mass is 203 g/mol. The van der Waals surface area contributed by atoms with Gasteiger partial charge in [0.15, 0.2) is 10.8 Å². The van der Waals surface area contributed by atoms with E-state index in [9.17, 15) is 9.59 Å². The number of nitrogens with zero attached hydrogens (tertiary/aromatic N) is 1. The second kappa shape index (κ2) is 3.42. The number of nitrogen functional groups attached to an aromatic ring is 2. The van der Waals surface area contributed by atoms with E-state index in [0.717, 1.165) is 0 Å². The van der Waals surface area contributed by atoms with Gasteiger partial charge in [-0.3, -0.25) is 15.0 Å². The molecule has 0 saturated carbocycles. The molecule has 70 valence electrons. The number of aromatic amines is 1. The Balaban J connectivity index is 3.31. The Hall–Kier alpha value is -1.60. The highest BCUT2D eigenvalue weighted by atomic mass is 35.5. The predicted octanol–water partition coefficient (Wildman–Crippen LogP) is -1.39. The van der Waals surface area contributed by atoms with Crippen LogP contribution in [0.1, 0.15) is 10.5 Å². The molecule has 0 fully saturated rings. The molecule has 1 aromatic rings. The molecule has 1 heterocycles. The number of hydrogen-bond donors (Lipinski definition) is 4. The first-order valence-electron chi connectivity index (χ1n) is 3.12. The number of H-pyrrole nitrogens is 1. The Morgan fingerprint density at radius 2 is 2.23 bits per heavy atom. The maximum Gasteiger partial charge on any atom is 0.287 e. The van der Waals surface area contributed by atoms with Crippen LogP contribution in [0.2, 0.25) is 5.15 Å². The summed E-state index contributed by atoms with van der Waals surface area (Å²) < 4.78 is 0. The molecule has 6 N–H and O–H groups in total. The molecule has 0 unspecified atom stereocenters. The number of nitrogens with two attached hydrogens (primary N) is 2. The zero-order valence-electron chi connectivity index (χ0n) is 6.30. The van der Waals surface area contributed by atoms with Gasteiger partial charge in [0.05, 0.1) is 0 Å². The highest BCUT2D eigenvalue weighted by Gasteiger charge is 2.13. The third kappa shape index (κ3) is 1.76. The van der Waals surface area contributed by atoms with E-state index in [1.54, 1.807) is 5.43 Å². The molecule has 0 aromatic carbocycles. The summed E-state index contributed by atoms with van der Waals surface area (Å²) in [5, 5.41) is -0.368. The molecule has 7 nitrogen and oxygen atoms in total. The van der Waals surface area contributed by atoms with Crippen molar-refractivity contribution in [2.45, 2.75) is 0 Å². The molecule has 0 atom stereocenters. The molecule has 13 heavy (non-hydrogen) atoms. The van der Waals surface area contributed by atoms with Gasteiger partial charge in [0.2, 0.25) is 0 Å². The van der Waals surface area contributed by atoms with Gasteiger partial charge in [0.25, 0.3) is 11.5 Å². The highest BCUT2D eigenvalue weighted by Crippen LogP contribution is 2.04. The lowest BCUT2D eigenvalue weighted by Gasteiger charge is -2.01. The van der Waals surface area contributed by atoms with Gasteiger partial charge in [-0.2, -0.15) is 0 Å². The average Bonchev–Trinajstić information content (AvgIpc) is 2.10. The summed E-state index contributed by atoms with van der Waals surface area (Å²) in [5.74, 6) is 3.92. The lowest BCUT2D eigenvalue weighted by Crippen LogP contribution is -2.32. The molecule has 1 amide bonds. The molecule has 1 rings (SSSR count). The summed E-state index contributed by atoms with van der Waals surface area (Å²) in [4.78, 5) is 27.3. The second-order valence-corrected chi connectivity index (χ2v) is 2.45. The first-order valence-corrected chi connectivity index (χ1v) is 3.50. The Morgan fingerprint density at radius 3 is 2.77 bits per heavy atom. The predicted molar refractivity (Wildman–Crippen MR) is 45.9 cm³/mol. The van der Waals surface area contributed by atoms with E-state index in [-0.39, 0.29) is 16.7 Å². The fourth-order valence-electron chi connectivity index (χ4n) is 0.684. The first kappa shape index (κ1) is 9.49. The minimum absolute atomic E-state index is 0.183. The number of halogens is 1.